The minimum Gasteiger partial charge on any atom is -0.324 e. The number of aryl methyl sites for hydroxylation is 3. The van der Waals surface area contributed by atoms with Gasteiger partial charge in [0.05, 0.1) is 10.7 Å². The van der Waals surface area contributed by atoms with E-state index in [0.717, 1.165) is 16.3 Å². The third-order valence-electron chi connectivity index (χ3n) is 3.02. The van der Waals surface area contributed by atoms with Crippen molar-refractivity contribution in [2.45, 2.75) is 33.2 Å². The monoisotopic (exact) mass is 264 g/mol. The highest BCUT2D eigenvalue weighted by atomic mass is 32.1. The Morgan fingerprint density at radius 3 is 2.67 bits per heavy atom. The van der Waals surface area contributed by atoms with Crippen LogP contribution < -0.4 is 5.73 Å². The van der Waals surface area contributed by atoms with Crippen molar-refractivity contribution in [2.75, 3.05) is 0 Å². The second-order valence-corrected chi connectivity index (χ2v) is 5.87. The first-order chi connectivity index (χ1) is 8.47. The Balaban J connectivity index is 2.21. The normalized spacial score (nSPS) is 12.7. The Morgan fingerprint density at radius 1 is 1.33 bits per heavy atom. The molecular formula is C14H17FN2S. The lowest BCUT2D eigenvalue weighted by molar-refractivity contribution is 0.579. The number of aromatic nitrogens is 1. The van der Waals surface area contributed by atoms with E-state index in [1.54, 1.807) is 17.4 Å². The van der Waals surface area contributed by atoms with Crippen molar-refractivity contribution in [2.24, 2.45) is 5.73 Å². The number of hydrogen-bond donors (Lipinski definition) is 1. The van der Waals surface area contributed by atoms with Gasteiger partial charge < -0.3 is 5.73 Å². The van der Waals surface area contributed by atoms with Gasteiger partial charge in [0.25, 0.3) is 0 Å². The van der Waals surface area contributed by atoms with E-state index in [1.165, 1.54) is 10.9 Å². The summed E-state index contributed by atoms with van der Waals surface area (Å²) in [4.78, 5) is 5.64. The van der Waals surface area contributed by atoms with Crippen molar-refractivity contribution in [3.8, 4) is 0 Å². The lowest BCUT2D eigenvalue weighted by atomic mass is 10.0. The predicted octanol–water partition coefficient (Wildman–Crippen LogP) is 3.45. The van der Waals surface area contributed by atoms with Gasteiger partial charge >= 0.3 is 0 Å². The van der Waals surface area contributed by atoms with Crippen LogP contribution >= 0.6 is 11.3 Å². The Labute approximate surface area is 111 Å². The summed E-state index contributed by atoms with van der Waals surface area (Å²) in [5, 5.41) is 0.971. The zero-order valence-corrected chi connectivity index (χ0v) is 11.6. The van der Waals surface area contributed by atoms with E-state index in [-0.39, 0.29) is 11.9 Å². The maximum Gasteiger partial charge on any atom is 0.128 e. The first-order valence-corrected chi connectivity index (χ1v) is 6.73. The Morgan fingerprint density at radius 2 is 2.06 bits per heavy atom. The number of benzene rings is 1. The van der Waals surface area contributed by atoms with E-state index < -0.39 is 0 Å². The van der Waals surface area contributed by atoms with Gasteiger partial charge in [-0.25, -0.2) is 9.37 Å². The van der Waals surface area contributed by atoms with Crippen molar-refractivity contribution < 1.29 is 4.39 Å². The summed E-state index contributed by atoms with van der Waals surface area (Å²) < 4.78 is 13.7. The first-order valence-electron chi connectivity index (χ1n) is 5.92. The molecule has 0 saturated carbocycles. The largest absolute Gasteiger partial charge is 0.324 e. The molecule has 4 heteroatoms. The number of nitrogens with two attached hydrogens (primary N) is 1. The average molecular weight is 264 g/mol. The van der Waals surface area contributed by atoms with Gasteiger partial charge in [0.1, 0.15) is 5.82 Å². The molecule has 1 unspecified atom stereocenters. The van der Waals surface area contributed by atoms with Crippen LogP contribution in [0.5, 0.6) is 0 Å². The molecule has 0 bridgehead atoms. The molecule has 0 aliphatic carbocycles. The van der Waals surface area contributed by atoms with E-state index in [2.05, 4.69) is 4.98 Å². The summed E-state index contributed by atoms with van der Waals surface area (Å²) in [6, 6.07) is 4.70. The molecule has 18 heavy (non-hydrogen) atoms. The fourth-order valence-electron chi connectivity index (χ4n) is 1.87. The maximum atomic E-state index is 13.7. The second-order valence-electron chi connectivity index (χ2n) is 4.58. The van der Waals surface area contributed by atoms with Gasteiger partial charge in [0, 0.05) is 22.9 Å². The topological polar surface area (TPSA) is 38.9 Å². The van der Waals surface area contributed by atoms with Crippen molar-refractivity contribution in [1.29, 1.82) is 0 Å². The van der Waals surface area contributed by atoms with E-state index in [4.69, 9.17) is 5.73 Å². The number of hydrogen-bond acceptors (Lipinski definition) is 3. The van der Waals surface area contributed by atoms with Crippen LogP contribution in [0.4, 0.5) is 4.39 Å². The van der Waals surface area contributed by atoms with E-state index in [9.17, 15) is 4.39 Å². The van der Waals surface area contributed by atoms with Crippen LogP contribution in [-0.4, -0.2) is 4.98 Å². The van der Waals surface area contributed by atoms with Crippen molar-refractivity contribution in [3.63, 3.8) is 0 Å². The van der Waals surface area contributed by atoms with Gasteiger partial charge in [-0.3, -0.25) is 0 Å². The smallest absolute Gasteiger partial charge is 0.128 e. The standard InChI is InChI=1S/C14H17FN2S/c1-8-4-5-12(15)11(6-8)13(16)7-14-17-9(2)10(3)18-14/h4-6,13H,7,16H2,1-3H3. The third-order valence-corrected chi connectivity index (χ3v) is 4.11. The molecule has 96 valence electrons. The SMILES string of the molecule is Cc1ccc(F)c(C(N)Cc2nc(C)c(C)s2)c1. The van der Waals surface area contributed by atoms with Crippen molar-refractivity contribution in [1.82, 2.24) is 4.98 Å². The molecule has 0 fully saturated rings. The third kappa shape index (κ3) is 2.76. The fourth-order valence-corrected chi connectivity index (χ4v) is 2.86. The highest BCUT2D eigenvalue weighted by Crippen LogP contribution is 2.24. The molecule has 0 radical (unpaired) electrons. The van der Waals surface area contributed by atoms with Gasteiger partial charge in [-0.1, -0.05) is 17.7 Å². The molecule has 2 rings (SSSR count). The Hall–Kier alpha value is -1.26. The second kappa shape index (κ2) is 5.16. The molecule has 0 amide bonds. The van der Waals surface area contributed by atoms with E-state index in [1.807, 2.05) is 26.8 Å². The van der Waals surface area contributed by atoms with Gasteiger partial charge in [-0.05, 0) is 26.8 Å². The summed E-state index contributed by atoms with van der Waals surface area (Å²) in [5.41, 5.74) is 8.71. The zero-order chi connectivity index (χ0) is 13.3. The number of halogens is 1. The Bertz CT molecular complexity index is 543. The molecule has 0 aliphatic rings. The zero-order valence-electron chi connectivity index (χ0n) is 10.8. The summed E-state index contributed by atoms with van der Waals surface area (Å²) in [6.45, 7) is 5.96. The lowest BCUT2D eigenvalue weighted by Crippen LogP contribution is -2.15. The molecule has 0 saturated heterocycles. The van der Waals surface area contributed by atoms with Gasteiger partial charge in [0.2, 0.25) is 0 Å². The summed E-state index contributed by atoms with van der Waals surface area (Å²) in [7, 11) is 0. The van der Waals surface area contributed by atoms with Gasteiger partial charge in [-0.15, -0.1) is 11.3 Å². The Kier molecular flexibility index (Phi) is 3.78. The summed E-state index contributed by atoms with van der Waals surface area (Å²) in [5.74, 6) is -0.238. The lowest BCUT2D eigenvalue weighted by Gasteiger charge is -2.12. The quantitative estimate of drug-likeness (QED) is 0.922. The highest BCUT2D eigenvalue weighted by Gasteiger charge is 2.14. The fraction of sp³-hybridized carbons (Fsp3) is 0.357. The molecule has 1 aromatic heterocycles. The van der Waals surface area contributed by atoms with Crippen LogP contribution in [0.15, 0.2) is 18.2 Å². The molecular weight excluding hydrogens is 247 g/mol. The minimum absolute atomic E-state index is 0.238. The van der Waals surface area contributed by atoms with Gasteiger partial charge in [0.15, 0.2) is 0 Å². The molecule has 0 aliphatic heterocycles. The van der Waals surface area contributed by atoms with Gasteiger partial charge in [-0.2, -0.15) is 0 Å². The van der Waals surface area contributed by atoms with Crippen LogP contribution in [0, 0.1) is 26.6 Å². The van der Waals surface area contributed by atoms with Crippen LogP contribution in [0.1, 0.15) is 32.7 Å². The number of rotatable bonds is 3. The molecule has 2 nitrogen and oxygen atoms in total. The predicted molar refractivity (Wildman–Crippen MR) is 73.4 cm³/mol. The minimum atomic E-state index is -0.338. The summed E-state index contributed by atoms with van der Waals surface area (Å²) in [6.07, 6.45) is 0.583. The van der Waals surface area contributed by atoms with Crippen LogP contribution in [0.2, 0.25) is 0 Å². The van der Waals surface area contributed by atoms with Crippen LogP contribution in [0.25, 0.3) is 0 Å². The molecule has 1 atom stereocenters. The maximum absolute atomic E-state index is 13.7. The highest BCUT2D eigenvalue weighted by molar-refractivity contribution is 7.11. The average Bonchev–Trinajstić information content (AvgIpc) is 2.61. The molecule has 1 aromatic carbocycles. The summed E-state index contributed by atoms with van der Waals surface area (Å²) >= 11 is 1.63. The van der Waals surface area contributed by atoms with Crippen LogP contribution in [0.3, 0.4) is 0 Å². The number of nitrogens with zero attached hydrogens (tertiary/aromatic N) is 1. The number of thiazole rings is 1. The molecule has 2 aromatic rings. The molecule has 0 spiro atoms. The first kappa shape index (κ1) is 13.2. The van der Waals surface area contributed by atoms with E-state index in [0.29, 0.717) is 12.0 Å². The van der Waals surface area contributed by atoms with Crippen molar-refractivity contribution >= 4 is 11.3 Å². The van der Waals surface area contributed by atoms with E-state index >= 15 is 0 Å². The van der Waals surface area contributed by atoms with Crippen LogP contribution in [-0.2, 0) is 6.42 Å². The molecule has 1 heterocycles. The molecule has 2 N–H and O–H groups in total. The van der Waals surface area contributed by atoms with Crippen molar-refractivity contribution in [3.05, 3.63) is 50.7 Å².